The fourth-order valence-electron chi connectivity index (χ4n) is 1.71. The summed E-state index contributed by atoms with van der Waals surface area (Å²) in [5.41, 5.74) is 0. The van der Waals surface area contributed by atoms with Crippen LogP contribution in [0.1, 0.15) is 34.6 Å². The third-order valence-corrected chi connectivity index (χ3v) is 5.90. The number of allylic oxidation sites excluding steroid dienone is 1. The van der Waals surface area contributed by atoms with Crippen LogP contribution in [0.25, 0.3) is 0 Å². The molecule has 0 aromatic rings. The van der Waals surface area contributed by atoms with Crippen molar-refractivity contribution in [3.63, 3.8) is 0 Å². The van der Waals surface area contributed by atoms with Gasteiger partial charge >= 0.3 is 14.5 Å². The van der Waals surface area contributed by atoms with Crippen LogP contribution >= 0.6 is 0 Å². The lowest BCUT2D eigenvalue weighted by molar-refractivity contribution is 0.176. The number of rotatable bonds is 9. The van der Waals surface area contributed by atoms with Crippen molar-refractivity contribution in [3.8, 4) is 0 Å². The van der Waals surface area contributed by atoms with Gasteiger partial charge in [-0.25, -0.2) is 0 Å². The number of hydrogen-bond acceptors (Lipinski definition) is 2. The van der Waals surface area contributed by atoms with Gasteiger partial charge in [-0.3, -0.25) is 0 Å². The van der Waals surface area contributed by atoms with E-state index in [-0.39, 0.29) is 0 Å². The molecule has 94 valence electrons. The van der Waals surface area contributed by atoms with E-state index >= 15 is 0 Å². The summed E-state index contributed by atoms with van der Waals surface area (Å²) in [6.07, 6.45) is 3.63. The first kappa shape index (κ1) is 16.0. The Morgan fingerprint density at radius 3 is 2.00 bits per heavy atom. The summed E-state index contributed by atoms with van der Waals surface area (Å²) in [4.78, 5) is 0. The van der Waals surface area contributed by atoms with Gasteiger partial charge in [0.2, 0.25) is 0 Å². The monoisotopic (exact) mass is 242 g/mol. The van der Waals surface area contributed by atoms with Crippen LogP contribution in [0.4, 0.5) is 0 Å². The molecular formula is C13H27AlO2. The molecule has 0 aliphatic rings. The van der Waals surface area contributed by atoms with Gasteiger partial charge in [0, 0.05) is 6.61 Å². The van der Waals surface area contributed by atoms with Crippen molar-refractivity contribution < 1.29 is 8.53 Å². The summed E-state index contributed by atoms with van der Waals surface area (Å²) < 4.78 is 11.3. The maximum atomic E-state index is 5.99. The summed E-state index contributed by atoms with van der Waals surface area (Å²) in [7, 11) is 0. The molecule has 0 aromatic heterocycles. The van der Waals surface area contributed by atoms with Crippen molar-refractivity contribution >= 4 is 14.5 Å². The fourth-order valence-corrected chi connectivity index (χ4v) is 4.71. The van der Waals surface area contributed by atoms with Crippen LogP contribution in [0.3, 0.4) is 0 Å². The molecule has 0 radical (unpaired) electrons. The van der Waals surface area contributed by atoms with E-state index in [1.165, 1.54) is 10.6 Å². The van der Waals surface area contributed by atoms with Gasteiger partial charge in [-0.2, -0.15) is 0 Å². The van der Waals surface area contributed by atoms with Crippen LogP contribution in [0.15, 0.2) is 12.3 Å². The lowest BCUT2D eigenvalue weighted by atomic mass is 10.3. The first-order chi connectivity index (χ1) is 7.56. The van der Waals surface area contributed by atoms with Crippen molar-refractivity contribution in [2.75, 3.05) is 13.2 Å². The molecule has 0 spiro atoms. The number of ether oxygens (including phenoxy) is 1. The van der Waals surface area contributed by atoms with E-state index in [9.17, 15) is 0 Å². The van der Waals surface area contributed by atoms with Gasteiger partial charge in [-0.15, -0.1) is 0 Å². The highest BCUT2D eigenvalue weighted by Gasteiger charge is 2.22. The summed E-state index contributed by atoms with van der Waals surface area (Å²) >= 11 is -1.01. The molecule has 0 atom stereocenters. The molecule has 0 bridgehead atoms. The zero-order valence-corrected chi connectivity index (χ0v) is 12.7. The predicted molar refractivity (Wildman–Crippen MR) is 71.8 cm³/mol. The van der Waals surface area contributed by atoms with Crippen molar-refractivity contribution in [1.29, 1.82) is 0 Å². The highest BCUT2D eigenvalue weighted by molar-refractivity contribution is 6.51. The Bertz CT molecular complexity index is 169. The van der Waals surface area contributed by atoms with Crippen LogP contribution in [-0.4, -0.2) is 27.7 Å². The molecule has 0 rings (SSSR count). The Morgan fingerprint density at radius 1 is 1.00 bits per heavy atom. The molecule has 2 nitrogen and oxygen atoms in total. The van der Waals surface area contributed by atoms with Crippen LogP contribution < -0.4 is 0 Å². The summed E-state index contributed by atoms with van der Waals surface area (Å²) in [6, 6.07) is 0. The molecule has 0 saturated carbocycles. The second-order valence-corrected chi connectivity index (χ2v) is 7.61. The minimum absolute atomic E-state index is 0.685. The van der Waals surface area contributed by atoms with E-state index < -0.39 is 14.5 Å². The Labute approximate surface area is 106 Å². The Hall–Kier alpha value is 0.0325. The van der Waals surface area contributed by atoms with Crippen LogP contribution in [0, 0.1) is 11.8 Å². The Balaban J connectivity index is 3.73. The molecule has 0 fully saturated rings. The number of hydrogen-bond donors (Lipinski definition) is 0. The third-order valence-electron chi connectivity index (χ3n) is 2.26. The molecule has 0 aromatic carbocycles. The van der Waals surface area contributed by atoms with E-state index in [1.54, 1.807) is 6.26 Å². The van der Waals surface area contributed by atoms with E-state index in [0.717, 1.165) is 18.4 Å². The van der Waals surface area contributed by atoms with Gasteiger partial charge in [0.15, 0.2) is 0 Å². The lowest BCUT2D eigenvalue weighted by Crippen LogP contribution is -2.24. The average Bonchev–Trinajstić information content (AvgIpc) is 2.15. The topological polar surface area (TPSA) is 18.5 Å². The van der Waals surface area contributed by atoms with Gasteiger partial charge < -0.3 is 8.53 Å². The predicted octanol–water partition coefficient (Wildman–Crippen LogP) is 3.86. The van der Waals surface area contributed by atoms with Crippen LogP contribution in [0.2, 0.25) is 10.6 Å². The zero-order valence-electron chi connectivity index (χ0n) is 11.5. The van der Waals surface area contributed by atoms with E-state index in [4.69, 9.17) is 8.53 Å². The third kappa shape index (κ3) is 10.5. The van der Waals surface area contributed by atoms with E-state index in [2.05, 4.69) is 27.7 Å². The highest BCUT2D eigenvalue weighted by Crippen LogP contribution is 2.15. The molecule has 16 heavy (non-hydrogen) atoms. The molecular weight excluding hydrogens is 215 g/mol. The maximum absolute atomic E-state index is 5.99. The summed E-state index contributed by atoms with van der Waals surface area (Å²) in [5, 5.41) is 2.56. The fraction of sp³-hybridized carbons (Fsp3) is 0.846. The van der Waals surface area contributed by atoms with Crippen molar-refractivity contribution in [1.82, 2.24) is 0 Å². The maximum Gasteiger partial charge on any atom is 0.461 e. The normalized spacial score (nSPS) is 11.7. The molecule has 0 N–H and O–H groups in total. The molecule has 0 saturated heterocycles. The zero-order chi connectivity index (χ0) is 12.4. The molecule has 0 aliphatic heterocycles. The molecule has 0 unspecified atom stereocenters. The molecule has 0 amide bonds. The Kier molecular flexibility index (Phi) is 10.2. The van der Waals surface area contributed by atoms with Crippen molar-refractivity contribution in [2.45, 2.75) is 45.2 Å². The highest BCUT2D eigenvalue weighted by atomic mass is 27.2. The minimum Gasteiger partial charge on any atom is -0.499 e. The Morgan fingerprint density at radius 2 is 1.56 bits per heavy atom. The van der Waals surface area contributed by atoms with Gasteiger partial charge in [0.05, 0.1) is 6.26 Å². The average molecular weight is 242 g/mol. The first-order valence-electron chi connectivity index (χ1n) is 6.40. The second kappa shape index (κ2) is 10.2. The molecule has 3 heteroatoms. The van der Waals surface area contributed by atoms with Crippen LogP contribution in [0.5, 0.6) is 0 Å². The van der Waals surface area contributed by atoms with E-state index in [0.29, 0.717) is 6.61 Å². The van der Waals surface area contributed by atoms with E-state index in [1.807, 2.05) is 13.0 Å². The minimum atomic E-state index is -1.01. The standard InChI is InChI=1S/C5H9O2.2C4H9.Al/c1-2-4-7-5-3-6;2*1-4(2)3;/h2,4H,3,5H2,1H3;2*4H,1H2,2-3H3;/q-1;;;+1/b4-2+;;;. The van der Waals surface area contributed by atoms with Crippen molar-refractivity contribution in [2.24, 2.45) is 11.8 Å². The summed E-state index contributed by atoms with van der Waals surface area (Å²) in [6.45, 7) is 12.5. The SMILES string of the molecule is C/C=C/OCC[O][Al]([CH2]C(C)C)[CH2]C(C)C. The van der Waals surface area contributed by atoms with Gasteiger partial charge in [-0.05, 0) is 6.92 Å². The molecule has 0 aliphatic carbocycles. The summed E-state index contributed by atoms with van der Waals surface area (Å²) in [5.74, 6) is 1.51. The molecule has 0 heterocycles. The quantitative estimate of drug-likeness (QED) is 0.347. The lowest BCUT2D eigenvalue weighted by Gasteiger charge is -2.16. The van der Waals surface area contributed by atoms with Gasteiger partial charge in [0.25, 0.3) is 0 Å². The van der Waals surface area contributed by atoms with Gasteiger partial charge in [-0.1, -0.05) is 56.2 Å². The van der Waals surface area contributed by atoms with Crippen molar-refractivity contribution in [3.05, 3.63) is 12.3 Å². The second-order valence-electron chi connectivity index (χ2n) is 5.09. The smallest absolute Gasteiger partial charge is 0.461 e. The van der Waals surface area contributed by atoms with Gasteiger partial charge in [0.1, 0.15) is 6.61 Å². The first-order valence-corrected chi connectivity index (χ1v) is 8.51. The largest absolute Gasteiger partial charge is 0.499 e. The van der Waals surface area contributed by atoms with Crippen LogP contribution in [-0.2, 0) is 8.53 Å².